The predicted molar refractivity (Wildman–Crippen MR) is 241 cm³/mol. The second kappa shape index (κ2) is 45.0. The molecule has 0 saturated heterocycles. The molecular formula is C50H93NO4. The fourth-order valence-electron chi connectivity index (χ4n) is 7.15. The number of unbranched alkanes of at least 4 members (excludes halogenated alkanes) is 27. The average molecular weight is 772 g/mol. The minimum atomic E-state index is -1.17. The fourth-order valence-corrected chi connectivity index (χ4v) is 7.15. The van der Waals surface area contributed by atoms with Crippen LogP contribution in [0.5, 0.6) is 0 Å². The normalized spacial score (nSPS) is 13.9. The van der Waals surface area contributed by atoms with E-state index in [0.717, 1.165) is 51.4 Å². The van der Waals surface area contributed by atoms with Gasteiger partial charge in [-0.05, 0) is 83.5 Å². The van der Waals surface area contributed by atoms with Gasteiger partial charge < -0.3 is 20.6 Å². The Morgan fingerprint density at radius 2 is 0.800 bits per heavy atom. The first-order chi connectivity index (χ1) is 27.1. The summed E-state index contributed by atoms with van der Waals surface area (Å²) in [5, 5.41) is 33.5. The number of hydrogen-bond donors (Lipinski definition) is 4. The van der Waals surface area contributed by atoms with Gasteiger partial charge in [-0.15, -0.1) is 0 Å². The van der Waals surface area contributed by atoms with Gasteiger partial charge in [-0.3, -0.25) is 4.79 Å². The predicted octanol–water partition coefficient (Wildman–Crippen LogP) is 14.1. The standard InChI is InChI=1S/C50H93NO4/c1-3-5-7-9-11-13-15-17-19-21-22-23-24-25-26-27-28-29-31-33-35-37-39-41-43-45-49(54)51-47(46-52)50(55)48(53)44-42-40-38-36-34-32-30-20-18-16-14-12-10-8-6-4-2/h20,22-23,25-26,30,36,38,47-48,50,52-53,55H,3-19,21,24,27-29,31-35,37,39-46H2,1-2H3,(H,51,54)/b23-22-,26-25-,30-20+,38-36+. The largest absolute Gasteiger partial charge is 0.394 e. The van der Waals surface area contributed by atoms with E-state index in [9.17, 15) is 20.1 Å². The quantitative estimate of drug-likeness (QED) is 0.0367. The van der Waals surface area contributed by atoms with Crippen LogP contribution in [0, 0.1) is 0 Å². The molecule has 0 aromatic heterocycles. The molecule has 0 bridgehead atoms. The van der Waals surface area contributed by atoms with E-state index in [1.807, 2.05) is 0 Å². The lowest BCUT2D eigenvalue weighted by molar-refractivity contribution is -0.124. The van der Waals surface area contributed by atoms with Gasteiger partial charge in [0.15, 0.2) is 0 Å². The monoisotopic (exact) mass is 772 g/mol. The highest BCUT2D eigenvalue weighted by molar-refractivity contribution is 5.76. The van der Waals surface area contributed by atoms with Gasteiger partial charge in [0.05, 0.1) is 18.8 Å². The first kappa shape index (κ1) is 53.3. The minimum Gasteiger partial charge on any atom is -0.394 e. The zero-order chi connectivity index (χ0) is 40.1. The third kappa shape index (κ3) is 40.3. The Balaban J connectivity index is 3.66. The van der Waals surface area contributed by atoms with Crippen LogP contribution in [0.4, 0.5) is 0 Å². The average Bonchev–Trinajstić information content (AvgIpc) is 3.19. The molecule has 0 saturated carbocycles. The van der Waals surface area contributed by atoms with Crippen LogP contribution in [0.2, 0.25) is 0 Å². The van der Waals surface area contributed by atoms with Crippen molar-refractivity contribution >= 4 is 5.91 Å². The molecule has 0 radical (unpaired) electrons. The molecular weight excluding hydrogens is 679 g/mol. The van der Waals surface area contributed by atoms with Gasteiger partial charge in [-0.2, -0.15) is 0 Å². The van der Waals surface area contributed by atoms with Crippen molar-refractivity contribution < 1.29 is 20.1 Å². The number of rotatable bonds is 43. The van der Waals surface area contributed by atoms with Crippen LogP contribution < -0.4 is 5.32 Å². The topological polar surface area (TPSA) is 89.8 Å². The van der Waals surface area contributed by atoms with Crippen LogP contribution in [-0.4, -0.2) is 46.1 Å². The number of carbonyl (C=O) groups excluding carboxylic acids is 1. The molecule has 0 aliphatic rings. The fraction of sp³-hybridized carbons (Fsp3) is 0.820. The van der Waals surface area contributed by atoms with Crippen LogP contribution in [0.3, 0.4) is 0 Å². The van der Waals surface area contributed by atoms with Gasteiger partial charge in [0.1, 0.15) is 6.10 Å². The molecule has 0 heterocycles. The lowest BCUT2D eigenvalue weighted by atomic mass is 10.0. The molecule has 0 aromatic rings. The summed E-state index contributed by atoms with van der Waals surface area (Å²) in [6.07, 6.45) is 58.0. The van der Waals surface area contributed by atoms with Crippen molar-refractivity contribution in [1.82, 2.24) is 5.32 Å². The maximum Gasteiger partial charge on any atom is 0.220 e. The summed E-state index contributed by atoms with van der Waals surface area (Å²) in [7, 11) is 0. The van der Waals surface area contributed by atoms with Gasteiger partial charge in [-0.25, -0.2) is 0 Å². The number of hydrogen-bond acceptors (Lipinski definition) is 4. The third-order valence-electron chi connectivity index (χ3n) is 10.9. The van der Waals surface area contributed by atoms with Crippen molar-refractivity contribution in [2.75, 3.05) is 6.61 Å². The van der Waals surface area contributed by atoms with Gasteiger partial charge in [0, 0.05) is 6.42 Å². The molecule has 5 heteroatoms. The van der Waals surface area contributed by atoms with E-state index in [-0.39, 0.29) is 12.5 Å². The van der Waals surface area contributed by atoms with E-state index < -0.39 is 18.2 Å². The summed E-state index contributed by atoms with van der Waals surface area (Å²) in [6, 6.07) is -0.836. The van der Waals surface area contributed by atoms with E-state index in [0.29, 0.717) is 12.8 Å². The van der Waals surface area contributed by atoms with Crippen molar-refractivity contribution in [1.29, 1.82) is 0 Å². The van der Waals surface area contributed by atoms with E-state index in [2.05, 4.69) is 67.8 Å². The molecule has 0 aromatic carbocycles. The van der Waals surface area contributed by atoms with Crippen molar-refractivity contribution in [2.24, 2.45) is 0 Å². The van der Waals surface area contributed by atoms with E-state index in [1.165, 1.54) is 161 Å². The first-order valence-corrected chi connectivity index (χ1v) is 23.9. The van der Waals surface area contributed by atoms with E-state index in [1.54, 1.807) is 0 Å². The lowest BCUT2D eigenvalue weighted by Gasteiger charge is -2.26. The lowest BCUT2D eigenvalue weighted by Crippen LogP contribution is -2.50. The van der Waals surface area contributed by atoms with E-state index >= 15 is 0 Å². The minimum absolute atomic E-state index is 0.163. The molecule has 3 atom stereocenters. The maximum atomic E-state index is 12.4. The first-order valence-electron chi connectivity index (χ1n) is 23.9. The molecule has 4 N–H and O–H groups in total. The molecule has 0 aliphatic carbocycles. The summed E-state index contributed by atoms with van der Waals surface area (Å²) < 4.78 is 0. The Morgan fingerprint density at radius 3 is 1.22 bits per heavy atom. The number of nitrogens with one attached hydrogen (secondary N) is 1. The number of carbonyl (C=O) groups is 1. The van der Waals surface area contributed by atoms with Crippen LogP contribution in [0.1, 0.15) is 239 Å². The molecule has 322 valence electrons. The molecule has 0 spiro atoms. The maximum absolute atomic E-state index is 12.4. The number of amides is 1. The van der Waals surface area contributed by atoms with Crippen LogP contribution >= 0.6 is 0 Å². The molecule has 5 nitrogen and oxygen atoms in total. The van der Waals surface area contributed by atoms with Gasteiger partial charge in [0.25, 0.3) is 0 Å². The Morgan fingerprint density at radius 1 is 0.455 bits per heavy atom. The third-order valence-corrected chi connectivity index (χ3v) is 10.9. The summed E-state index contributed by atoms with van der Waals surface area (Å²) in [5.41, 5.74) is 0. The molecule has 0 rings (SSSR count). The zero-order valence-corrected chi connectivity index (χ0v) is 36.6. The van der Waals surface area contributed by atoms with Crippen molar-refractivity contribution in [3.8, 4) is 0 Å². The van der Waals surface area contributed by atoms with Crippen LogP contribution in [0.15, 0.2) is 48.6 Å². The molecule has 55 heavy (non-hydrogen) atoms. The molecule has 0 aliphatic heterocycles. The smallest absolute Gasteiger partial charge is 0.220 e. The van der Waals surface area contributed by atoms with Crippen LogP contribution in [0.25, 0.3) is 0 Å². The number of allylic oxidation sites excluding steroid dienone is 8. The molecule has 3 unspecified atom stereocenters. The Kier molecular flexibility index (Phi) is 43.6. The number of aliphatic hydroxyl groups excluding tert-OH is 3. The molecule has 0 fully saturated rings. The Bertz CT molecular complexity index is 896. The van der Waals surface area contributed by atoms with Crippen molar-refractivity contribution in [2.45, 2.75) is 257 Å². The zero-order valence-electron chi connectivity index (χ0n) is 36.6. The van der Waals surface area contributed by atoms with Crippen LogP contribution in [-0.2, 0) is 4.79 Å². The van der Waals surface area contributed by atoms with Crippen molar-refractivity contribution in [3.63, 3.8) is 0 Å². The molecule has 1 amide bonds. The SMILES string of the molecule is CCCCCCCCC/C=C/CC/C=C/CCCC(O)C(O)C(CO)NC(=O)CCCCCCCCCCC/C=C\C/C=C\CCCCCCCCCCC. The second-order valence-electron chi connectivity index (χ2n) is 16.3. The van der Waals surface area contributed by atoms with Crippen molar-refractivity contribution in [3.05, 3.63) is 48.6 Å². The van der Waals surface area contributed by atoms with Gasteiger partial charge in [-0.1, -0.05) is 197 Å². The van der Waals surface area contributed by atoms with Gasteiger partial charge >= 0.3 is 0 Å². The second-order valence-corrected chi connectivity index (χ2v) is 16.3. The summed E-state index contributed by atoms with van der Waals surface area (Å²) in [4.78, 5) is 12.4. The Labute approximate surface area is 342 Å². The van der Waals surface area contributed by atoms with E-state index in [4.69, 9.17) is 0 Å². The summed E-state index contributed by atoms with van der Waals surface area (Å²) >= 11 is 0. The summed E-state index contributed by atoms with van der Waals surface area (Å²) in [6.45, 7) is 4.16. The van der Waals surface area contributed by atoms with Gasteiger partial charge in [0.2, 0.25) is 5.91 Å². The summed E-state index contributed by atoms with van der Waals surface area (Å²) in [5.74, 6) is -0.163. The highest BCUT2D eigenvalue weighted by Crippen LogP contribution is 2.15. The number of aliphatic hydroxyl groups is 3. The highest BCUT2D eigenvalue weighted by atomic mass is 16.3. The Hall–Kier alpha value is -1.69. The highest BCUT2D eigenvalue weighted by Gasteiger charge is 2.26.